The summed E-state index contributed by atoms with van der Waals surface area (Å²) in [5.41, 5.74) is 6.01. The molecular formula is C14H13N5O2. The zero-order valence-electron chi connectivity index (χ0n) is 11.6. The van der Waals surface area contributed by atoms with Gasteiger partial charge in [-0.2, -0.15) is 5.26 Å². The van der Waals surface area contributed by atoms with E-state index in [0.717, 1.165) is 0 Å². The Labute approximate surface area is 121 Å². The van der Waals surface area contributed by atoms with E-state index in [-0.39, 0.29) is 23.1 Å². The van der Waals surface area contributed by atoms with Crippen molar-refractivity contribution in [1.82, 2.24) is 15.0 Å². The van der Waals surface area contributed by atoms with Gasteiger partial charge in [0.15, 0.2) is 0 Å². The van der Waals surface area contributed by atoms with Crippen molar-refractivity contribution in [2.45, 2.75) is 20.0 Å². The lowest BCUT2D eigenvalue weighted by Crippen LogP contribution is -2.14. The summed E-state index contributed by atoms with van der Waals surface area (Å²) in [5.74, 6) is -0.291. The number of ether oxygens (including phenoxy) is 1. The van der Waals surface area contributed by atoms with Crippen LogP contribution < -0.4 is 10.5 Å². The molecule has 0 fully saturated rings. The average molecular weight is 283 g/mol. The molecule has 0 aliphatic rings. The third-order valence-electron chi connectivity index (χ3n) is 2.52. The minimum atomic E-state index is -0.697. The molecule has 0 atom stereocenters. The van der Waals surface area contributed by atoms with Gasteiger partial charge in [0.1, 0.15) is 34.5 Å². The number of nitrogens with zero attached hydrogens (tertiary/aromatic N) is 4. The van der Waals surface area contributed by atoms with E-state index in [4.69, 9.17) is 10.5 Å². The van der Waals surface area contributed by atoms with Crippen LogP contribution in [0.1, 0.15) is 29.9 Å². The van der Waals surface area contributed by atoms with Gasteiger partial charge in [-0.05, 0) is 19.9 Å². The average Bonchev–Trinajstić information content (AvgIpc) is 2.46. The molecule has 0 bridgehead atoms. The maximum absolute atomic E-state index is 11.2. The van der Waals surface area contributed by atoms with Crippen LogP contribution in [0.3, 0.4) is 0 Å². The molecule has 2 heterocycles. The molecule has 1 amide bonds. The molecule has 0 saturated heterocycles. The minimum Gasteiger partial charge on any atom is -0.489 e. The molecule has 0 aliphatic carbocycles. The van der Waals surface area contributed by atoms with E-state index in [9.17, 15) is 10.1 Å². The second-order valence-electron chi connectivity index (χ2n) is 4.46. The fourth-order valence-electron chi connectivity index (χ4n) is 1.70. The van der Waals surface area contributed by atoms with E-state index in [2.05, 4.69) is 15.0 Å². The Hall–Kier alpha value is -3.01. The summed E-state index contributed by atoms with van der Waals surface area (Å²) in [6, 6.07) is 3.65. The molecule has 2 aromatic rings. The van der Waals surface area contributed by atoms with Crippen LogP contribution in [0.25, 0.3) is 11.4 Å². The fraction of sp³-hybridized carbons (Fsp3) is 0.214. The topological polar surface area (TPSA) is 115 Å². The third kappa shape index (κ3) is 3.12. The van der Waals surface area contributed by atoms with Gasteiger partial charge in [-0.3, -0.25) is 14.8 Å². The van der Waals surface area contributed by atoms with Crippen molar-refractivity contribution in [2.24, 2.45) is 5.73 Å². The molecule has 0 aliphatic heterocycles. The summed E-state index contributed by atoms with van der Waals surface area (Å²) in [6.45, 7) is 3.71. The van der Waals surface area contributed by atoms with E-state index in [1.807, 2.05) is 19.9 Å². The summed E-state index contributed by atoms with van der Waals surface area (Å²) in [4.78, 5) is 23.3. The highest BCUT2D eigenvalue weighted by Gasteiger charge is 2.16. The van der Waals surface area contributed by atoms with Crippen molar-refractivity contribution < 1.29 is 9.53 Å². The molecule has 0 spiro atoms. The number of primary amides is 1. The fourth-order valence-corrected chi connectivity index (χ4v) is 1.70. The Morgan fingerprint density at radius 3 is 2.81 bits per heavy atom. The van der Waals surface area contributed by atoms with Gasteiger partial charge in [0.2, 0.25) is 0 Å². The molecule has 0 aromatic carbocycles. The van der Waals surface area contributed by atoms with Gasteiger partial charge in [-0.15, -0.1) is 0 Å². The molecular weight excluding hydrogens is 270 g/mol. The Kier molecular flexibility index (Phi) is 4.09. The molecule has 2 rings (SSSR count). The van der Waals surface area contributed by atoms with Gasteiger partial charge in [-0.1, -0.05) is 0 Å². The first kappa shape index (κ1) is 14.4. The lowest BCUT2D eigenvalue weighted by molar-refractivity contribution is 0.0995. The number of hydrogen-bond acceptors (Lipinski definition) is 6. The van der Waals surface area contributed by atoms with Crippen LogP contribution in [0, 0.1) is 11.3 Å². The lowest BCUT2D eigenvalue weighted by Gasteiger charge is -2.12. The van der Waals surface area contributed by atoms with E-state index in [1.54, 1.807) is 6.07 Å². The molecule has 2 aromatic heterocycles. The Morgan fingerprint density at radius 2 is 2.19 bits per heavy atom. The number of hydrogen-bond donors (Lipinski definition) is 1. The predicted molar refractivity (Wildman–Crippen MR) is 74.3 cm³/mol. The van der Waals surface area contributed by atoms with E-state index >= 15 is 0 Å². The van der Waals surface area contributed by atoms with Crippen LogP contribution in [0.4, 0.5) is 0 Å². The van der Waals surface area contributed by atoms with Crippen LogP contribution in [0.15, 0.2) is 24.7 Å². The second kappa shape index (κ2) is 5.96. The van der Waals surface area contributed by atoms with Crippen molar-refractivity contribution in [2.75, 3.05) is 0 Å². The Balaban J connectivity index is 2.56. The summed E-state index contributed by atoms with van der Waals surface area (Å²) in [5, 5.41) is 9.34. The number of pyridine rings is 1. The van der Waals surface area contributed by atoms with Crippen LogP contribution in [0.5, 0.6) is 5.75 Å². The van der Waals surface area contributed by atoms with Crippen molar-refractivity contribution in [3.8, 4) is 23.2 Å². The number of carbonyl (C=O) groups excluding carboxylic acids is 1. The summed E-state index contributed by atoms with van der Waals surface area (Å²) in [7, 11) is 0. The van der Waals surface area contributed by atoms with Gasteiger partial charge in [0, 0.05) is 6.20 Å². The van der Waals surface area contributed by atoms with Gasteiger partial charge in [0.05, 0.1) is 18.5 Å². The van der Waals surface area contributed by atoms with Crippen LogP contribution in [-0.4, -0.2) is 27.0 Å². The zero-order valence-corrected chi connectivity index (χ0v) is 11.6. The zero-order chi connectivity index (χ0) is 15.4. The molecule has 7 nitrogen and oxygen atoms in total. The van der Waals surface area contributed by atoms with Crippen LogP contribution in [0.2, 0.25) is 0 Å². The SMILES string of the molecule is CC(C)Oc1ccnc(-c2cncc(C(N)=O)n2)c1C#N. The maximum Gasteiger partial charge on any atom is 0.268 e. The number of nitrogens with two attached hydrogens (primary N) is 1. The van der Waals surface area contributed by atoms with E-state index in [0.29, 0.717) is 11.4 Å². The summed E-state index contributed by atoms with van der Waals surface area (Å²) < 4.78 is 5.57. The molecule has 2 N–H and O–H groups in total. The minimum absolute atomic E-state index is 0.00775. The van der Waals surface area contributed by atoms with Gasteiger partial charge in [-0.25, -0.2) is 4.98 Å². The van der Waals surface area contributed by atoms with Crippen molar-refractivity contribution in [1.29, 1.82) is 5.26 Å². The predicted octanol–water partition coefficient (Wildman–Crippen LogP) is 1.30. The highest BCUT2D eigenvalue weighted by Crippen LogP contribution is 2.27. The van der Waals surface area contributed by atoms with Gasteiger partial charge < -0.3 is 10.5 Å². The number of carbonyl (C=O) groups is 1. The largest absolute Gasteiger partial charge is 0.489 e. The van der Waals surface area contributed by atoms with Crippen molar-refractivity contribution in [3.05, 3.63) is 35.9 Å². The molecule has 21 heavy (non-hydrogen) atoms. The number of rotatable bonds is 4. The van der Waals surface area contributed by atoms with Gasteiger partial charge >= 0.3 is 0 Å². The standard InChI is InChI=1S/C14H13N5O2/c1-8(2)21-12-3-4-18-13(9(12)5-15)10-6-17-7-11(19-10)14(16)20/h3-4,6-8H,1-2H3,(H2,16,20). The highest BCUT2D eigenvalue weighted by molar-refractivity contribution is 5.91. The highest BCUT2D eigenvalue weighted by atomic mass is 16.5. The van der Waals surface area contributed by atoms with Crippen molar-refractivity contribution >= 4 is 5.91 Å². The molecule has 0 unspecified atom stereocenters. The second-order valence-corrected chi connectivity index (χ2v) is 4.46. The first-order chi connectivity index (χ1) is 10.0. The summed E-state index contributed by atoms with van der Waals surface area (Å²) >= 11 is 0. The first-order valence-electron chi connectivity index (χ1n) is 6.21. The normalized spacial score (nSPS) is 10.2. The molecule has 0 radical (unpaired) electrons. The first-order valence-corrected chi connectivity index (χ1v) is 6.21. The van der Waals surface area contributed by atoms with Gasteiger partial charge in [0.25, 0.3) is 5.91 Å². The monoisotopic (exact) mass is 283 g/mol. The Bertz CT molecular complexity index is 722. The molecule has 7 heteroatoms. The molecule has 106 valence electrons. The number of aromatic nitrogens is 3. The lowest BCUT2D eigenvalue weighted by atomic mass is 10.1. The number of nitriles is 1. The van der Waals surface area contributed by atoms with E-state index in [1.165, 1.54) is 18.6 Å². The van der Waals surface area contributed by atoms with Crippen LogP contribution >= 0.6 is 0 Å². The van der Waals surface area contributed by atoms with E-state index < -0.39 is 5.91 Å². The Morgan fingerprint density at radius 1 is 1.43 bits per heavy atom. The quantitative estimate of drug-likeness (QED) is 0.904. The van der Waals surface area contributed by atoms with Crippen molar-refractivity contribution in [3.63, 3.8) is 0 Å². The van der Waals surface area contributed by atoms with Crippen LogP contribution in [-0.2, 0) is 0 Å². The maximum atomic E-state index is 11.2. The third-order valence-corrected chi connectivity index (χ3v) is 2.52. The number of amides is 1. The summed E-state index contributed by atoms with van der Waals surface area (Å²) in [6.07, 6.45) is 4.09. The molecule has 0 saturated carbocycles. The smallest absolute Gasteiger partial charge is 0.268 e.